The molecule has 1 aliphatic rings. The van der Waals surface area contributed by atoms with Crippen LogP contribution in [0.4, 0.5) is 0 Å². The van der Waals surface area contributed by atoms with Crippen LogP contribution in [0.15, 0.2) is 48.5 Å². The Balaban J connectivity index is 1.46. The van der Waals surface area contributed by atoms with Gasteiger partial charge in [0.15, 0.2) is 11.5 Å². The molecule has 4 rings (SSSR count). The molecule has 0 amide bonds. The summed E-state index contributed by atoms with van der Waals surface area (Å²) in [4.78, 5) is 16.7. The molecule has 0 saturated carbocycles. The van der Waals surface area contributed by atoms with Crippen molar-refractivity contribution >= 4 is 28.5 Å². The lowest BCUT2D eigenvalue weighted by molar-refractivity contribution is -0.155. The molecule has 0 saturated heterocycles. The molecule has 0 aliphatic carbocycles. The van der Waals surface area contributed by atoms with E-state index in [0.717, 1.165) is 16.5 Å². The molecule has 26 heavy (non-hydrogen) atoms. The number of para-hydroxylation sites is 2. The van der Waals surface area contributed by atoms with Gasteiger partial charge in [0, 0.05) is 10.9 Å². The second-order valence-corrected chi connectivity index (χ2v) is 6.46. The van der Waals surface area contributed by atoms with E-state index in [0.29, 0.717) is 22.2 Å². The molecule has 0 spiro atoms. The van der Waals surface area contributed by atoms with Crippen molar-refractivity contribution in [3.63, 3.8) is 0 Å². The van der Waals surface area contributed by atoms with Crippen molar-refractivity contribution in [3.05, 3.63) is 64.8 Å². The van der Waals surface area contributed by atoms with Gasteiger partial charge in [-0.25, -0.2) is 9.78 Å². The Kier molecular flexibility index (Phi) is 4.39. The number of ether oxygens (including phenoxy) is 3. The Morgan fingerprint density at radius 2 is 2.04 bits per heavy atom. The average molecular weight is 370 g/mol. The van der Waals surface area contributed by atoms with E-state index in [-0.39, 0.29) is 13.2 Å². The van der Waals surface area contributed by atoms with Gasteiger partial charge in [-0.15, -0.1) is 0 Å². The van der Waals surface area contributed by atoms with Gasteiger partial charge in [0.1, 0.15) is 18.4 Å². The van der Waals surface area contributed by atoms with Gasteiger partial charge >= 0.3 is 5.97 Å². The fraction of sp³-hybridized carbons (Fsp3) is 0.200. The molecular formula is C20H16ClNO4. The highest BCUT2D eigenvalue weighted by Crippen LogP contribution is 2.31. The third kappa shape index (κ3) is 3.30. The van der Waals surface area contributed by atoms with E-state index in [1.807, 2.05) is 43.3 Å². The number of halogens is 1. The maximum Gasteiger partial charge on any atom is 0.351 e. The average Bonchev–Trinajstić information content (AvgIpc) is 2.65. The molecule has 0 fully saturated rings. The second-order valence-electron chi connectivity index (χ2n) is 6.11. The summed E-state index contributed by atoms with van der Waals surface area (Å²) < 4.78 is 16.6. The van der Waals surface area contributed by atoms with Gasteiger partial charge in [0.2, 0.25) is 6.10 Å². The summed E-state index contributed by atoms with van der Waals surface area (Å²) in [5.41, 5.74) is 2.56. The normalized spacial score (nSPS) is 15.7. The number of benzene rings is 2. The molecule has 0 bridgehead atoms. The smallest absolute Gasteiger partial charge is 0.351 e. The number of pyridine rings is 1. The number of aryl methyl sites for hydroxylation is 1. The molecule has 6 heteroatoms. The zero-order valence-electron chi connectivity index (χ0n) is 14.1. The van der Waals surface area contributed by atoms with Gasteiger partial charge in [0.25, 0.3) is 0 Å². The van der Waals surface area contributed by atoms with Gasteiger partial charge in [-0.3, -0.25) is 0 Å². The van der Waals surface area contributed by atoms with Crippen LogP contribution in [0.2, 0.25) is 5.15 Å². The first-order chi connectivity index (χ1) is 12.6. The highest BCUT2D eigenvalue weighted by molar-refractivity contribution is 6.30. The van der Waals surface area contributed by atoms with Crippen molar-refractivity contribution in [2.45, 2.75) is 19.6 Å². The molecule has 5 nitrogen and oxygen atoms in total. The minimum Gasteiger partial charge on any atom is -0.485 e. The number of hydrogen-bond acceptors (Lipinski definition) is 5. The summed E-state index contributed by atoms with van der Waals surface area (Å²) in [6.45, 7) is 2.13. The Bertz CT molecular complexity index is 989. The van der Waals surface area contributed by atoms with Crippen molar-refractivity contribution < 1.29 is 19.0 Å². The summed E-state index contributed by atoms with van der Waals surface area (Å²) in [5.74, 6) is 0.648. The molecule has 0 N–H and O–H groups in total. The topological polar surface area (TPSA) is 57.7 Å². The molecule has 2 heterocycles. The monoisotopic (exact) mass is 369 g/mol. The van der Waals surface area contributed by atoms with Gasteiger partial charge in [0.05, 0.1) is 5.52 Å². The second kappa shape index (κ2) is 6.84. The van der Waals surface area contributed by atoms with E-state index in [1.165, 1.54) is 0 Å². The lowest BCUT2D eigenvalue weighted by Crippen LogP contribution is -2.37. The number of aromatic nitrogens is 1. The van der Waals surface area contributed by atoms with Crippen LogP contribution >= 0.6 is 11.6 Å². The van der Waals surface area contributed by atoms with E-state index in [2.05, 4.69) is 4.98 Å². The lowest BCUT2D eigenvalue weighted by atomic mass is 10.1. The Morgan fingerprint density at radius 1 is 1.23 bits per heavy atom. The van der Waals surface area contributed by atoms with Crippen LogP contribution in [0.1, 0.15) is 11.1 Å². The SMILES string of the molecule is Cc1ccc2cc(COC(=O)[C@H]3COc4ccccc4O3)c(Cl)nc2c1. The van der Waals surface area contributed by atoms with Gasteiger partial charge in [-0.05, 0) is 36.8 Å². The summed E-state index contributed by atoms with van der Waals surface area (Å²) in [6.07, 6.45) is -0.806. The standard InChI is InChI=1S/C20H16ClNO4/c1-12-6-7-13-9-14(19(21)22-15(13)8-12)10-25-20(23)18-11-24-16-4-2-3-5-17(16)26-18/h2-9,18H,10-11H2,1H3/t18-/m1/s1. The highest BCUT2D eigenvalue weighted by Gasteiger charge is 2.28. The van der Waals surface area contributed by atoms with Crippen LogP contribution < -0.4 is 9.47 Å². The number of rotatable bonds is 3. The van der Waals surface area contributed by atoms with Crippen LogP contribution in [0, 0.1) is 6.92 Å². The van der Waals surface area contributed by atoms with E-state index in [1.54, 1.807) is 12.1 Å². The van der Waals surface area contributed by atoms with Crippen LogP contribution in [0.25, 0.3) is 10.9 Å². The molecule has 1 aromatic heterocycles. The van der Waals surface area contributed by atoms with Gasteiger partial charge in [-0.1, -0.05) is 35.9 Å². The van der Waals surface area contributed by atoms with E-state index in [9.17, 15) is 4.79 Å². The fourth-order valence-electron chi connectivity index (χ4n) is 2.78. The number of fused-ring (bicyclic) bond motifs is 2. The number of esters is 1. The number of carbonyl (C=O) groups is 1. The number of hydrogen-bond donors (Lipinski definition) is 0. The predicted octanol–water partition coefficient (Wildman–Crippen LogP) is 4.08. The quantitative estimate of drug-likeness (QED) is 0.514. The molecule has 3 aromatic rings. The number of nitrogens with zero attached hydrogens (tertiary/aromatic N) is 1. The fourth-order valence-corrected chi connectivity index (χ4v) is 2.98. The Labute approximate surface area is 155 Å². The van der Waals surface area contributed by atoms with Crippen LogP contribution in [0.3, 0.4) is 0 Å². The van der Waals surface area contributed by atoms with Crippen molar-refractivity contribution in [3.8, 4) is 11.5 Å². The highest BCUT2D eigenvalue weighted by atomic mass is 35.5. The lowest BCUT2D eigenvalue weighted by Gasteiger charge is -2.25. The zero-order chi connectivity index (χ0) is 18.1. The molecule has 1 atom stereocenters. The first-order valence-electron chi connectivity index (χ1n) is 8.21. The Morgan fingerprint density at radius 3 is 2.88 bits per heavy atom. The van der Waals surface area contributed by atoms with E-state index < -0.39 is 12.1 Å². The summed E-state index contributed by atoms with van der Waals surface area (Å²) in [7, 11) is 0. The molecule has 0 unspecified atom stereocenters. The first-order valence-corrected chi connectivity index (χ1v) is 8.59. The van der Waals surface area contributed by atoms with Gasteiger partial charge < -0.3 is 14.2 Å². The third-order valence-electron chi connectivity index (χ3n) is 4.14. The van der Waals surface area contributed by atoms with Crippen LogP contribution in [-0.4, -0.2) is 23.7 Å². The summed E-state index contributed by atoms with van der Waals surface area (Å²) in [6, 6.07) is 15.0. The van der Waals surface area contributed by atoms with E-state index in [4.69, 9.17) is 25.8 Å². The maximum atomic E-state index is 12.3. The molecule has 2 aromatic carbocycles. The zero-order valence-corrected chi connectivity index (χ0v) is 14.8. The van der Waals surface area contributed by atoms with Crippen molar-refractivity contribution in [1.82, 2.24) is 4.98 Å². The molecule has 1 aliphatic heterocycles. The minimum absolute atomic E-state index is 0.0238. The van der Waals surface area contributed by atoms with Gasteiger partial charge in [-0.2, -0.15) is 0 Å². The van der Waals surface area contributed by atoms with Crippen LogP contribution in [-0.2, 0) is 16.1 Å². The van der Waals surface area contributed by atoms with E-state index >= 15 is 0 Å². The minimum atomic E-state index is -0.806. The predicted molar refractivity (Wildman–Crippen MR) is 97.6 cm³/mol. The number of carbonyl (C=O) groups excluding carboxylic acids is 1. The third-order valence-corrected chi connectivity index (χ3v) is 4.47. The molecule has 132 valence electrons. The van der Waals surface area contributed by atoms with Crippen molar-refractivity contribution in [2.24, 2.45) is 0 Å². The molecule has 0 radical (unpaired) electrons. The largest absolute Gasteiger partial charge is 0.485 e. The Hall–Kier alpha value is -2.79. The summed E-state index contributed by atoms with van der Waals surface area (Å²) in [5, 5.41) is 1.26. The first kappa shape index (κ1) is 16.7. The summed E-state index contributed by atoms with van der Waals surface area (Å²) >= 11 is 6.23. The molecular weight excluding hydrogens is 354 g/mol. The van der Waals surface area contributed by atoms with Crippen molar-refractivity contribution in [2.75, 3.05) is 6.61 Å². The van der Waals surface area contributed by atoms with Crippen LogP contribution in [0.5, 0.6) is 11.5 Å². The maximum absolute atomic E-state index is 12.3. The van der Waals surface area contributed by atoms with Crippen molar-refractivity contribution in [1.29, 1.82) is 0 Å².